The zero-order valence-corrected chi connectivity index (χ0v) is 25.0. The van der Waals surface area contributed by atoms with Crippen LogP contribution >= 0.6 is 0 Å². The Morgan fingerprint density at radius 2 is 1.67 bits per heavy atom. The van der Waals surface area contributed by atoms with E-state index >= 15 is 0 Å². The molecule has 0 saturated heterocycles. The molecule has 0 fully saturated rings. The van der Waals surface area contributed by atoms with Crippen molar-refractivity contribution in [1.29, 1.82) is 0 Å². The van der Waals surface area contributed by atoms with Crippen LogP contribution in [0.5, 0.6) is 11.5 Å². The van der Waals surface area contributed by atoms with E-state index in [4.69, 9.17) is 9.47 Å². The van der Waals surface area contributed by atoms with E-state index in [1.807, 2.05) is 45.0 Å². The maximum atomic E-state index is 14.1. The van der Waals surface area contributed by atoms with Crippen LogP contribution in [-0.4, -0.2) is 57.0 Å². The summed E-state index contributed by atoms with van der Waals surface area (Å²) in [5.74, 6) is -0.801. The molecule has 0 radical (unpaired) electrons. The lowest BCUT2D eigenvalue weighted by molar-refractivity contribution is -0.140. The number of fused-ring (bicyclic) bond motifs is 1. The monoisotopic (exact) mass is 597 g/mol. The molecule has 3 aromatic rings. The molecule has 0 bridgehead atoms. The number of hydrogen-bond donors (Lipinski definition) is 1. The number of nitrogens with one attached hydrogen (secondary N) is 1. The van der Waals surface area contributed by atoms with E-state index in [9.17, 15) is 22.4 Å². The molecule has 42 heavy (non-hydrogen) atoms. The Morgan fingerprint density at radius 1 is 0.976 bits per heavy atom. The summed E-state index contributed by atoms with van der Waals surface area (Å²) in [6.45, 7) is 7.45. The molecule has 1 aliphatic rings. The van der Waals surface area contributed by atoms with Crippen LogP contribution in [0.4, 0.5) is 10.1 Å². The summed E-state index contributed by atoms with van der Waals surface area (Å²) in [6, 6.07) is 15.6. The molecular formula is C31H36FN3O6S. The number of sulfonamides is 1. The largest absolute Gasteiger partial charge is 0.486 e. The van der Waals surface area contributed by atoms with E-state index < -0.39 is 34.3 Å². The third-order valence-corrected chi connectivity index (χ3v) is 8.52. The van der Waals surface area contributed by atoms with Crippen molar-refractivity contribution in [2.45, 2.75) is 57.6 Å². The summed E-state index contributed by atoms with van der Waals surface area (Å²) in [5.41, 5.74) is 1.87. The third-order valence-electron chi connectivity index (χ3n) is 6.75. The van der Waals surface area contributed by atoms with Gasteiger partial charge in [0.15, 0.2) is 11.5 Å². The van der Waals surface area contributed by atoms with Crippen LogP contribution < -0.4 is 19.1 Å². The number of nitrogens with zero attached hydrogens (tertiary/aromatic N) is 2. The summed E-state index contributed by atoms with van der Waals surface area (Å²) in [6.07, 6.45) is 0.307. The van der Waals surface area contributed by atoms with E-state index in [1.165, 1.54) is 35.2 Å². The molecule has 11 heteroatoms. The molecule has 2 amide bonds. The number of carbonyl (C=O) groups excluding carboxylic acids is 2. The fourth-order valence-corrected chi connectivity index (χ4v) is 6.18. The molecule has 0 spiro atoms. The quantitative estimate of drug-likeness (QED) is 0.351. The number of hydrogen-bond acceptors (Lipinski definition) is 6. The first-order chi connectivity index (χ1) is 20.0. The molecule has 3 aromatic carbocycles. The Balaban J connectivity index is 1.75. The maximum absolute atomic E-state index is 14.1. The van der Waals surface area contributed by atoms with Gasteiger partial charge in [-0.3, -0.25) is 13.9 Å². The van der Waals surface area contributed by atoms with Crippen LogP contribution in [0.25, 0.3) is 0 Å². The summed E-state index contributed by atoms with van der Waals surface area (Å²) < 4.78 is 54.0. The van der Waals surface area contributed by atoms with E-state index in [2.05, 4.69) is 5.32 Å². The number of aryl methyl sites for hydroxylation is 1. The molecule has 1 heterocycles. The molecule has 4 rings (SSSR count). The molecular weight excluding hydrogens is 561 g/mol. The highest BCUT2D eigenvalue weighted by molar-refractivity contribution is 7.92. The first-order valence-electron chi connectivity index (χ1n) is 13.8. The second kappa shape index (κ2) is 13.2. The van der Waals surface area contributed by atoms with Crippen LogP contribution in [0.15, 0.2) is 71.6 Å². The highest BCUT2D eigenvalue weighted by Gasteiger charge is 2.34. The summed E-state index contributed by atoms with van der Waals surface area (Å²) in [4.78, 5) is 28.6. The molecule has 1 atom stereocenters. The highest BCUT2D eigenvalue weighted by atomic mass is 32.2. The lowest BCUT2D eigenvalue weighted by Crippen LogP contribution is -2.53. The number of benzene rings is 3. The first-order valence-corrected chi connectivity index (χ1v) is 15.3. The minimum absolute atomic E-state index is 0.0892. The molecule has 1 N–H and O–H groups in total. The van der Waals surface area contributed by atoms with Gasteiger partial charge < -0.3 is 19.7 Å². The van der Waals surface area contributed by atoms with Crippen LogP contribution in [0, 0.1) is 12.7 Å². The van der Waals surface area contributed by atoms with Gasteiger partial charge in [-0.05, 0) is 69.2 Å². The van der Waals surface area contributed by atoms with Crippen LogP contribution in [-0.2, 0) is 26.2 Å². The molecule has 0 saturated carbocycles. The number of ether oxygens (including phenoxy) is 2. The summed E-state index contributed by atoms with van der Waals surface area (Å²) >= 11 is 0. The normalized spacial score (nSPS) is 13.4. The third kappa shape index (κ3) is 7.20. The van der Waals surface area contributed by atoms with E-state index in [1.54, 1.807) is 6.92 Å². The molecule has 9 nitrogen and oxygen atoms in total. The minimum atomic E-state index is -4.35. The van der Waals surface area contributed by atoms with E-state index in [-0.39, 0.29) is 41.4 Å². The van der Waals surface area contributed by atoms with E-state index in [0.717, 1.165) is 27.6 Å². The van der Waals surface area contributed by atoms with Crippen molar-refractivity contribution in [2.75, 3.05) is 24.1 Å². The number of rotatable bonds is 11. The molecule has 224 valence electrons. The molecule has 0 aliphatic carbocycles. The molecule has 1 aliphatic heterocycles. The number of amides is 2. The van der Waals surface area contributed by atoms with Gasteiger partial charge >= 0.3 is 0 Å². The predicted octanol–water partition coefficient (Wildman–Crippen LogP) is 4.43. The Kier molecular flexibility index (Phi) is 9.72. The number of anilines is 1. The van der Waals surface area contributed by atoms with Crippen LogP contribution in [0.2, 0.25) is 0 Å². The minimum Gasteiger partial charge on any atom is -0.486 e. The van der Waals surface area contributed by atoms with Gasteiger partial charge in [-0.2, -0.15) is 0 Å². The summed E-state index contributed by atoms with van der Waals surface area (Å²) in [5, 5.41) is 2.87. The van der Waals surface area contributed by atoms with Crippen molar-refractivity contribution in [1.82, 2.24) is 10.2 Å². The molecule has 0 unspecified atom stereocenters. The standard InChI is InChI=1S/C31H36FN3O6S/c1-5-27(31(37)33-21(2)3)34(19-23-8-6-7-22(4)17-23)30(36)20-35(25-11-9-24(32)10-12-25)42(38,39)26-13-14-28-29(18-26)41-16-15-40-28/h6-14,17-18,21,27H,5,15-16,19-20H2,1-4H3,(H,33,37)/t27-/m0/s1. The Hall–Kier alpha value is -4.12. The zero-order chi connectivity index (χ0) is 30.4. The second-order valence-corrected chi connectivity index (χ2v) is 12.3. The fourth-order valence-electron chi connectivity index (χ4n) is 4.75. The Morgan fingerprint density at radius 3 is 2.31 bits per heavy atom. The predicted molar refractivity (Wildman–Crippen MR) is 157 cm³/mol. The van der Waals surface area contributed by atoms with E-state index in [0.29, 0.717) is 18.8 Å². The van der Waals surface area contributed by atoms with Gasteiger partial charge in [0.25, 0.3) is 10.0 Å². The van der Waals surface area contributed by atoms with Crippen molar-refractivity contribution in [3.05, 3.63) is 83.7 Å². The average molecular weight is 598 g/mol. The van der Waals surface area contributed by atoms with Gasteiger partial charge in [0.05, 0.1) is 10.6 Å². The fraction of sp³-hybridized carbons (Fsp3) is 0.355. The lowest BCUT2D eigenvalue weighted by atomic mass is 10.1. The van der Waals surface area contributed by atoms with Gasteiger partial charge in [0, 0.05) is 18.7 Å². The Labute approximate surface area is 246 Å². The van der Waals surface area contributed by atoms with Crippen molar-refractivity contribution < 1.29 is 31.9 Å². The SMILES string of the molecule is CC[C@@H](C(=O)NC(C)C)N(Cc1cccc(C)c1)C(=O)CN(c1ccc(F)cc1)S(=O)(=O)c1ccc2c(c1)OCCO2. The van der Waals surface area contributed by atoms with Crippen molar-refractivity contribution in [2.24, 2.45) is 0 Å². The highest BCUT2D eigenvalue weighted by Crippen LogP contribution is 2.34. The van der Waals surface area contributed by atoms with Crippen LogP contribution in [0.1, 0.15) is 38.3 Å². The van der Waals surface area contributed by atoms with Gasteiger partial charge in [-0.1, -0.05) is 36.8 Å². The lowest BCUT2D eigenvalue weighted by Gasteiger charge is -2.33. The molecule has 0 aromatic heterocycles. The zero-order valence-electron chi connectivity index (χ0n) is 24.2. The first kappa shape index (κ1) is 30.8. The van der Waals surface area contributed by atoms with Gasteiger partial charge in [-0.15, -0.1) is 0 Å². The van der Waals surface area contributed by atoms with Gasteiger partial charge in [-0.25, -0.2) is 12.8 Å². The van der Waals surface area contributed by atoms with Gasteiger partial charge in [0.1, 0.15) is 31.6 Å². The number of halogens is 1. The number of carbonyl (C=O) groups is 2. The van der Waals surface area contributed by atoms with Crippen molar-refractivity contribution in [3.8, 4) is 11.5 Å². The Bertz CT molecular complexity index is 1530. The summed E-state index contributed by atoms with van der Waals surface area (Å²) in [7, 11) is -4.35. The smallest absolute Gasteiger partial charge is 0.264 e. The van der Waals surface area contributed by atoms with Crippen molar-refractivity contribution in [3.63, 3.8) is 0 Å². The van der Waals surface area contributed by atoms with Gasteiger partial charge in [0.2, 0.25) is 11.8 Å². The average Bonchev–Trinajstić information content (AvgIpc) is 2.95. The topological polar surface area (TPSA) is 105 Å². The van der Waals surface area contributed by atoms with Crippen molar-refractivity contribution >= 4 is 27.5 Å². The second-order valence-electron chi connectivity index (χ2n) is 10.4. The van der Waals surface area contributed by atoms with Crippen LogP contribution in [0.3, 0.4) is 0 Å². The maximum Gasteiger partial charge on any atom is 0.264 e.